The van der Waals surface area contributed by atoms with Crippen LogP contribution < -0.4 is 16.0 Å². The van der Waals surface area contributed by atoms with Gasteiger partial charge in [0.05, 0.1) is 11.6 Å². The molecule has 1 fully saturated rings. The van der Waals surface area contributed by atoms with Crippen LogP contribution >= 0.6 is 0 Å². The molecule has 2 unspecified atom stereocenters. The topological polar surface area (TPSA) is 77.0 Å². The molecule has 1 aliphatic rings. The molecule has 19 heavy (non-hydrogen) atoms. The van der Waals surface area contributed by atoms with Crippen LogP contribution in [0.2, 0.25) is 0 Å². The third-order valence-electron chi connectivity index (χ3n) is 3.21. The van der Waals surface area contributed by atoms with E-state index in [4.69, 9.17) is 5.26 Å². The van der Waals surface area contributed by atoms with Crippen molar-refractivity contribution in [3.63, 3.8) is 0 Å². The van der Waals surface area contributed by atoms with Gasteiger partial charge in [0.1, 0.15) is 0 Å². The minimum absolute atomic E-state index is 0.204. The summed E-state index contributed by atoms with van der Waals surface area (Å²) in [5.41, 5.74) is 1.17. The van der Waals surface area contributed by atoms with E-state index in [-0.39, 0.29) is 12.1 Å². The van der Waals surface area contributed by atoms with Gasteiger partial charge in [0, 0.05) is 17.8 Å². The molecule has 2 amide bonds. The maximum Gasteiger partial charge on any atom is 0.319 e. The number of urea groups is 1. The molecule has 2 atom stereocenters. The summed E-state index contributed by atoms with van der Waals surface area (Å²) in [6.45, 7) is 3.04. The van der Waals surface area contributed by atoms with E-state index in [0.717, 1.165) is 19.4 Å². The summed E-state index contributed by atoms with van der Waals surface area (Å²) in [6, 6.07) is 9.35. The second-order valence-electron chi connectivity index (χ2n) is 4.87. The van der Waals surface area contributed by atoms with Gasteiger partial charge in [-0.05, 0) is 44.5 Å². The first kappa shape index (κ1) is 13.4. The van der Waals surface area contributed by atoms with Crippen molar-refractivity contribution in [1.82, 2.24) is 10.6 Å². The summed E-state index contributed by atoms with van der Waals surface area (Å²) in [7, 11) is 0. The molecule has 1 aromatic carbocycles. The van der Waals surface area contributed by atoms with Gasteiger partial charge in [-0.15, -0.1) is 0 Å². The zero-order chi connectivity index (χ0) is 13.7. The normalized spacial score (nSPS) is 22.3. The highest BCUT2D eigenvalue weighted by Gasteiger charge is 2.19. The summed E-state index contributed by atoms with van der Waals surface area (Å²) in [6.07, 6.45) is 1.88. The molecule has 0 bridgehead atoms. The number of rotatable bonds is 2. The average molecular weight is 258 g/mol. The lowest BCUT2D eigenvalue weighted by atomic mass is 10.0. The number of nitrogens with one attached hydrogen (secondary N) is 3. The minimum atomic E-state index is -0.214. The van der Waals surface area contributed by atoms with Gasteiger partial charge < -0.3 is 16.0 Å². The average Bonchev–Trinajstić information content (AvgIpc) is 2.38. The standard InChI is InChI=1S/C14H18N4O/c1-10-7-13(5-6-16-10)18-14(19)17-12-4-2-3-11(8-12)9-15/h2-4,8,10,13,16H,5-7H2,1H3,(H2,17,18,19). The fourth-order valence-electron chi connectivity index (χ4n) is 2.28. The summed E-state index contributed by atoms with van der Waals surface area (Å²) < 4.78 is 0. The van der Waals surface area contributed by atoms with Crippen molar-refractivity contribution >= 4 is 11.7 Å². The molecule has 1 saturated heterocycles. The molecule has 5 nitrogen and oxygen atoms in total. The molecule has 0 aliphatic carbocycles. The second kappa shape index (κ2) is 6.21. The number of hydrogen-bond acceptors (Lipinski definition) is 3. The number of nitriles is 1. The van der Waals surface area contributed by atoms with Crippen LogP contribution in [0.15, 0.2) is 24.3 Å². The second-order valence-corrected chi connectivity index (χ2v) is 4.87. The summed E-state index contributed by atoms with van der Waals surface area (Å²) >= 11 is 0. The third-order valence-corrected chi connectivity index (χ3v) is 3.21. The summed E-state index contributed by atoms with van der Waals surface area (Å²) in [5, 5.41) is 17.9. The van der Waals surface area contributed by atoms with Gasteiger partial charge in [-0.2, -0.15) is 5.26 Å². The first-order valence-electron chi connectivity index (χ1n) is 6.48. The number of nitrogens with zero attached hydrogens (tertiary/aromatic N) is 1. The number of anilines is 1. The fraction of sp³-hybridized carbons (Fsp3) is 0.429. The molecule has 0 spiro atoms. The van der Waals surface area contributed by atoms with Crippen LogP contribution in [0.1, 0.15) is 25.3 Å². The van der Waals surface area contributed by atoms with Crippen LogP contribution in [-0.2, 0) is 0 Å². The summed E-state index contributed by atoms with van der Waals surface area (Å²) in [5.74, 6) is 0. The monoisotopic (exact) mass is 258 g/mol. The third kappa shape index (κ3) is 3.97. The van der Waals surface area contributed by atoms with E-state index in [2.05, 4.69) is 22.9 Å². The highest BCUT2D eigenvalue weighted by atomic mass is 16.2. The number of hydrogen-bond donors (Lipinski definition) is 3. The molecule has 100 valence electrons. The Kier molecular flexibility index (Phi) is 4.37. The molecule has 0 radical (unpaired) electrons. The molecule has 5 heteroatoms. The summed E-state index contributed by atoms with van der Waals surface area (Å²) in [4.78, 5) is 11.9. The maximum absolute atomic E-state index is 11.9. The molecule has 1 aliphatic heterocycles. The Morgan fingerprint density at radius 3 is 3.11 bits per heavy atom. The predicted molar refractivity (Wildman–Crippen MR) is 73.8 cm³/mol. The van der Waals surface area contributed by atoms with Crippen LogP contribution in [0, 0.1) is 11.3 Å². The Bertz CT molecular complexity index is 494. The Morgan fingerprint density at radius 1 is 1.53 bits per heavy atom. The van der Waals surface area contributed by atoms with Crippen LogP contribution in [0.25, 0.3) is 0 Å². The van der Waals surface area contributed by atoms with Gasteiger partial charge in [0.25, 0.3) is 0 Å². The Balaban J connectivity index is 1.88. The van der Waals surface area contributed by atoms with Crippen molar-refractivity contribution in [2.24, 2.45) is 0 Å². The van der Waals surface area contributed by atoms with Gasteiger partial charge in [-0.3, -0.25) is 0 Å². The lowest BCUT2D eigenvalue weighted by Crippen LogP contribution is -2.47. The van der Waals surface area contributed by atoms with Gasteiger partial charge in [-0.25, -0.2) is 4.79 Å². The van der Waals surface area contributed by atoms with Crippen LogP contribution in [-0.4, -0.2) is 24.7 Å². The number of benzene rings is 1. The molecule has 0 saturated carbocycles. The highest BCUT2D eigenvalue weighted by Crippen LogP contribution is 2.11. The molecule has 3 N–H and O–H groups in total. The fourth-order valence-corrected chi connectivity index (χ4v) is 2.28. The number of piperidine rings is 1. The van der Waals surface area contributed by atoms with E-state index in [1.165, 1.54) is 0 Å². The first-order chi connectivity index (χ1) is 9.17. The minimum Gasteiger partial charge on any atom is -0.335 e. The predicted octanol–water partition coefficient (Wildman–Crippen LogP) is 1.82. The quantitative estimate of drug-likeness (QED) is 0.757. The van der Waals surface area contributed by atoms with Crippen LogP contribution in [0.3, 0.4) is 0 Å². The van der Waals surface area contributed by atoms with E-state index in [1.807, 2.05) is 6.07 Å². The lowest BCUT2D eigenvalue weighted by molar-refractivity contribution is 0.242. The van der Waals surface area contributed by atoms with E-state index in [9.17, 15) is 4.79 Å². The van der Waals surface area contributed by atoms with Crippen LogP contribution in [0.4, 0.5) is 10.5 Å². The van der Waals surface area contributed by atoms with Crippen molar-refractivity contribution in [2.45, 2.75) is 31.8 Å². The number of carbonyl (C=O) groups excluding carboxylic acids is 1. The van der Waals surface area contributed by atoms with Crippen LogP contribution in [0.5, 0.6) is 0 Å². The molecule has 0 aromatic heterocycles. The van der Waals surface area contributed by atoms with E-state index < -0.39 is 0 Å². The lowest BCUT2D eigenvalue weighted by Gasteiger charge is -2.28. The van der Waals surface area contributed by atoms with E-state index in [0.29, 0.717) is 17.3 Å². The van der Waals surface area contributed by atoms with Gasteiger partial charge in [0.15, 0.2) is 0 Å². The highest BCUT2D eigenvalue weighted by molar-refractivity contribution is 5.89. The smallest absolute Gasteiger partial charge is 0.319 e. The van der Waals surface area contributed by atoms with E-state index in [1.54, 1.807) is 24.3 Å². The van der Waals surface area contributed by atoms with Crippen molar-refractivity contribution in [3.05, 3.63) is 29.8 Å². The molecular formula is C14H18N4O. The van der Waals surface area contributed by atoms with Crippen molar-refractivity contribution in [1.29, 1.82) is 5.26 Å². The Labute approximate surface area is 113 Å². The van der Waals surface area contributed by atoms with Crippen molar-refractivity contribution < 1.29 is 4.79 Å². The van der Waals surface area contributed by atoms with Crippen molar-refractivity contribution in [2.75, 3.05) is 11.9 Å². The van der Waals surface area contributed by atoms with Gasteiger partial charge in [0.2, 0.25) is 0 Å². The molecule has 1 heterocycles. The maximum atomic E-state index is 11.9. The Morgan fingerprint density at radius 2 is 2.37 bits per heavy atom. The van der Waals surface area contributed by atoms with Gasteiger partial charge in [-0.1, -0.05) is 6.07 Å². The van der Waals surface area contributed by atoms with Gasteiger partial charge >= 0.3 is 6.03 Å². The number of amides is 2. The molecule has 2 rings (SSSR count). The number of carbonyl (C=O) groups is 1. The zero-order valence-electron chi connectivity index (χ0n) is 10.9. The molecule has 1 aromatic rings. The van der Waals surface area contributed by atoms with Crippen molar-refractivity contribution in [3.8, 4) is 6.07 Å². The first-order valence-corrected chi connectivity index (χ1v) is 6.48. The zero-order valence-corrected chi connectivity index (χ0v) is 10.9. The van der Waals surface area contributed by atoms with E-state index >= 15 is 0 Å². The SMILES string of the molecule is CC1CC(NC(=O)Nc2cccc(C#N)c2)CCN1. The molecular weight excluding hydrogens is 240 g/mol. The largest absolute Gasteiger partial charge is 0.335 e. The Hall–Kier alpha value is -2.06.